The van der Waals surface area contributed by atoms with Gasteiger partial charge in [-0.3, -0.25) is 0 Å². The molecule has 5 heteroatoms. The van der Waals surface area contributed by atoms with E-state index in [9.17, 15) is 15.0 Å². The second kappa shape index (κ2) is 6.34. The van der Waals surface area contributed by atoms with E-state index in [2.05, 4.69) is 10.1 Å². The summed E-state index contributed by atoms with van der Waals surface area (Å²) < 4.78 is 4.37. The molecule has 0 aliphatic rings. The molecule has 3 N–H and O–H groups in total. The number of benzene rings is 1. The average Bonchev–Trinajstić information content (AvgIpc) is 2.36. The summed E-state index contributed by atoms with van der Waals surface area (Å²) in [5, 5.41) is 22.3. The van der Waals surface area contributed by atoms with Crippen molar-refractivity contribution in [2.24, 2.45) is 0 Å². The zero-order chi connectivity index (χ0) is 12.8. The van der Waals surface area contributed by atoms with Gasteiger partial charge >= 0.3 is 5.97 Å². The lowest BCUT2D eigenvalue weighted by atomic mass is 10.0. The highest BCUT2D eigenvalue weighted by Crippen LogP contribution is 2.19. The first-order valence-electron chi connectivity index (χ1n) is 5.27. The second-order valence-corrected chi connectivity index (χ2v) is 3.69. The highest BCUT2D eigenvalue weighted by atomic mass is 16.5. The minimum absolute atomic E-state index is 0.482. The van der Waals surface area contributed by atoms with Gasteiger partial charge in [0.25, 0.3) is 0 Å². The lowest BCUT2D eigenvalue weighted by Crippen LogP contribution is -2.29. The van der Waals surface area contributed by atoms with Crippen molar-refractivity contribution in [2.45, 2.75) is 18.8 Å². The zero-order valence-corrected chi connectivity index (χ0v) is 9.88. The van der Waals surface area contributed by atoms with Crippen molar-refractivity contribution >= 4 is 5.97 Å². The number of esters is 1. The fraction of sp³-hybridized carbons (Fsp3) is 0.417. The van der Waals surface area contributed by atoms with Crippen molar-refractivity contribution in [2.75, 3.05) is 14.2 Å². The molecule has 0 heterocycles. The number of rotatable bonds is 5. The molecule has 0 aliphatic heterocycles. The molecule has 1 aromatic rings. The summed E-state index contributed by atoms with van der Waals surface area (Å²) >= 11 is 0. The van der Waals surface area contributed by atoms with E-state index in [1.165, 1.54) is 0 Å². The monoisotopic (exact) mass is 239 g/mol. The molecule has 0 radical (unpaired) electrons. The summed E-state index contributed by atoms with van der Waals surface area (Å²) in [5.74, 6) is -0.850. The maximum absolute atomic E-state index is 11.1. The largest absolute Gasteiger partial charge is 0.467 e. The van der Waals surface area contributed by atoms with E-state index in [-0.39, 0.29) is 0 Å². The molecule has 0 saturated carbocycles. The predicted molar refractivity (Wildman–Crippen MR) is 62.2 cm³/mol. The van der Waals surface area contributed by atoms with Crippen molar-refractivity contribution < 1.29 is 19.7 Å². The molecule has 2 atom stereocenters. The topological polar surface area (TPSA) is 78.8 Å². The van der Waals surface area contributed by atoms with Crippen LogP contribution in [0, 0.1) is 0 Å². The Labute approximate surface area is 100 Å². The number of carbonyl (C=O) groups excluding carboxylic acids is 1. The van der Waals surface area contributed by atoms with Gasteiger partial charge in [0.15, 0.2) is 6.10 Å². The van der Waals surface area contributed by atoms with Crippen LogP contribution in [0.15, 0.2) is 24.3 Å². The van der Waals surface area contributed by atoms with Gasteiger partial charge in [0.1, 0.15) is 6.10 Å². The molecule has 0 aromatic heterocycles. The Morgan fingerprint density at radius 2 is 2.18 bits per heavy atom. The number of ether oxygens (including phenoxy) is 1. The Morgan fingerprint density at radius 3 is 2.76 bits per heavy atom. The van der Waals surface area contributed by atoms with Crippen LogP contribution in [0.1, 0.15) is 17.2 Å². The van der Waals surface area contributed by atoms with Crippen LogP contribution in [0.5, 0.6) is 0 Å². The maximum Gasteiger partial charge on any atom is 0.337 e. The lowest BCUT2D eigenvalue weighted by Gasteiger charge is -2.16. The molecule has 94 valence electrons. The van der Waals surface area contributed by atoms with E-state index in [4.69, 9.17) is 0 Å². The van der Waals surface area contributed by atoms with Crippen LogP contribution in [0.4, 0.5) is 0 Å². The van der Waals surface area contributed by atoms with Gasteiger partial charge in [-0.25, -0.2) is 4.79 Å². The minimum atomic E-state index is -1.56. The molecular formula is C12H17NO4. The quantitative estimate of drug-likeness (QED) is 0.629. The number of aliphatic hydroxyl groups excluding tert-OH is 2. The summed E-state index contributed by atoms with van der Waals surface area (Å²) in [6.45, 7) is 0.648. The van der Waals surface area contributed by atoms with Crippen molar-refractivity contribution in [1.29, 1.82) is 0 Å². The van der Waals surface area contributed by atoms with E-state index >= 15 is 0 Å². The fourth-order valence-corrected chi connectivity index (χ4v) is 1.52. The zero-order valence-electron chi connectivity index (χ0n) is 9.88. The first-order chi connectivity index (χ1) is 8.10. The molecule has 0 saturated heterocycles. The summed E-state index contributed by atoms with van der Waals surface area (Å²) in [7, 11) is 2.97. The van der Waals surface area contributed by atoms with Gasteiger partial charge in [-0.05, 0) is 18.2 Å². The van der Waals surface area contributed by atoms with E-state index in [0.717, 1.165) is 12.7 Å². The van der Waals surface area contributed by atoms with Gasteiger partial charge in [0.05, 0.1) is 7.11 Å². The summed E-state index contributed by atoms with van der Waals surface area (Å²) in [6, 6.07) is 7.02. The maximum atomic E-state index is 11.1. The van der Waals surface area contributed by atoms with Crippen molar-refractivity contribution in [3.05, 3.63) is 35.4 Å². The SMILES string of the molecule is CNCc1cccc(C(O)C(O)C(=O)OC)c1. The Morgan fingerprint density at radius 1 is 1.47 bits per heavy atom. The number of aliphatic hydroxyl groups is 2. The number of hydrogen-bond donors (Lipinski definition) is 3. The van der Waals surface area contributed by atoms with Gasteiger partial charge in [-0.15, -0.1) is 0 Å². The van der Waals surface area contributed by atoms with Crippen molar-refractivity contribution in [3.63, 3.8) is 0 Å². The first-order valence-corrected chi connectivity index (χ1v) is 5.27. The molecule has 1 rings (SSSR count). The smallest absolute Gasteiger partial charge is 0.337 e. The minimum Gasteiger partial charge on any atom is -0.467 e. The molecule has 0 spiro atoms. The summed E-state index contributed by atoms with van der Waals surface area (Å²) in [5.41, 5.74) is 1.44. The van der Waals surface area contributed by atoms with Crippen LogP contribution in [-0.4, -0.2) is 36.4 Å². The molecular weight excluding hydrogens is 222 g/mol. The van der Waals surface area contributed by atoms with Gasteiger partial charge in [0, 0.05) is 6.54 Å². The van der Waals surface area contributed by atoms with E-state index in [1.54, 1.807) is 18.2 Å². The van der Waals surface area contributed by atoms with E-state index < -0.39 is 18.2 Å². The third-order valence-electron chi connectivity index (χ3n) is 2.42. The highest BCUT2D eigenvalue weighted by Gasteiger charge is 2.26. The van der Waals surface area contributed by atoms with Crippen LogP contribution in [0.3, 0.4) is 0 Å². The lowest BCUT2D eigenvalue weighted by molar-refractivity contribution is -0.156. The molecule has 0 amide bonds. The Bertz CT molecular complexity index is 381. The van der Waals surface area contributed by atoms with E-state index in [1.807, 2.05) is 13.1 Å². The van der Waals surface area contributed by atoms with Crippen LogP contribution in [0.25, 0.3) is 0 Å². The molecule has 0 fully saturated rings. The van der Waals surface area contributed by atoms with Crippen LogP contribution >= 0.6 is 0 Å². The molecule has 17 heavy (non-hydrogen) atoms. The van der Waals surface area contributed by atoms with Gasteiger partial charge in [0.2, 0.25) is 0 Å². The van der Waals surface area contributed by atoms with Crippen molar-refractivity contribution in [3.8, 4) is 0 Å². The molecule has 2 unspecified atom stereocenters. The third kappa shape index (κ3) is 3.52. The molecule has 0 bridgehead atoms. The number of nitrogens with one attached hydrogen (secondary N) is 1. The van der Waals surface area contributed by atoms with Crippen LogP contribution in [-0.2, 0) is 16.1 Å². The number of methoxy groups -OCH3 is 1. The first kappa shape index (κ1) is 13.6. The second-order valence-electron chi connectivity index (χ2n) is 3.69. The van der Waals surface area contributed by atoms with Crippen LogP contribution in [0.2, 0.25) is 0 Å². The Kier molecular flexibility index (Phi) is 5.09. The number of carbonyl (C=O) groups is 1. The Hall–Kier alpha value is -1.43. The molecule has 1 aromatic carbocycles. The molecule has 5 nitrogen and oxygen atoms in total. The average molecular weight is 239 g/mol. The van der Waals surface area contributed by atoms with Crippen LogP contribution < -0.4 is 5.32 Å². The van der Waals surface area contributed by atoms with Gasteiger partial charge in [-0.2, -0.15) is 0 Å². The van der Waals surface area contributed by atoms with Gasteiger partial charge < -0.3 is 20.3 Å². The molecule has 0 aliphatic carbocycles. The highest BCUT2D eigenvalue weighted by molar-refractivity contribution is 5.75. The third-order valence-corrected chi connectivity index (χ3v) is 2.42. The number of hydrogen-bond acceptors (Lipinski definition) is 5. The fourth-order valence-electron chi connectivity index (χ4n) is 1.52. The summed E-state index contributed by atoms with van der Waals surface area (Å²) in [4.78, 5) is 11.1. The predicted octanol–water partition coefficient (Wildman–Crippen LogP) is -0.0267. The van der Waals surface area contributed by atoms with E-state index in [0.29, 0.717) is 12.1 Å². The van der Waals surface area contributed by atoms with Gasteiger partial charge in [-0.1, -0.05) is 24.3 Å². The van der Waals surface area contributed by atoms with Crippen molar-refractivity contribution in [1.82, 2.24) is 5.32 Å². The normalized spacial score (nSPS) is 14.1. The Balaban J connectivity index is 2.84. The standard InChI is InChI=1S/C12H17NO4/c1-13-7-8-4-3-5-9(6-8)10(14)11(15)12(16)17-2/h3-6,10-11,13-15H,7H2,1-2H3. The summed E-state index contributed by atoms with van der Waals surface area (Å²) in [6.07, 6.45) is -2.84.